The van der Waals surface area contributed by atoms with E-state index in [1.165, 1.54) is 0 Å². The highest BCUT2D eigenvalue weighted by Gasteiger charge is 2.24. The molecule has 0 saturated carbocycles. The summed E-state index contributed by atoms with van der Waals surface area (Å²) in [4.78, 5) is 15.0. The third kappa shape index (κ3) is 2.12. The van der Waals surface area contributed by atoms with Gasteiger partial charge in [0.1, 0.15) is 5.65 Å². The van der Waals surface area contributed by atoms with Crippen molar-refractivity contribution in [1.29, 1.82) is 0 Å². The number of benzene rings is 1. The van der Waals surface area contributed by atoms with Gasteiger partial charge in [0.2, 0.25) is 0 Å². The highest BCUT2D eigenvalue weighted by atomic mass is 35.5. The molecule has 2 N–H and O–H groups in total. The van der Waals surface area contributed by atoms with Crippen molar-refractivity contribution in [1.82, 2.24) is 19.9 Å². The van der Waals surface area contributed by atoms with E-state index in [0.29, 0.717) is 22.6 Å². The van der Waals surface area contributed by atoms with Crippen LogP contribution in [-0.4, -0.2) is 27.2 Å². The maximum atomic E-state index is 12.1. The molecule has 1 saturated heterocycles. The quantitative estimate of drug-likeness (QED) is 0.725. The van der Waals surface area contributed by atoms with Gasteiger partial charge >= 0.3 is 0 Å². The van der Waals surface area contributed by atoms with E-state index in [1.807, 2.05) is 22.7 Å². The van der Waals surface area contributed by atoms with Crippen LogP contribution in [0.3, 0.4) is 0 Å². The van der Waals surface area contributed by atoms with Crippen LogP contribution in [0.25, 0.3) is 16.6 Å². The van der Waals surface area contributed by atoms with Crippen LogP contribution in [0.2, 0.25) is 5.02 Å². The van der Waals surface area contributed by atoms with Gasteiger partial charge in [-0.15, -0.1) is 0 Å². The molecule has 0 spiro atoms. The Morgan fingerprint density at radius 3 is 3.09 bits per heavy atom. The number of hydrogen-bond donors (Lipinski definition) is 2. The van der Waals surface area contributed by atoms with Crippen LogP contribution in [0.15, 0.2) is 29.1 Å². The molecule has 2 aromatic heterocycles. The van der Waals surface area contributed by atoms with Gasteiger partial charge in [0.25, 0.3) is 5.56 Å². The number of aromatic nitrogens is 3. The number of fused-ring (bicyclic) bond motifs is 3. The minimum absolute atomic E-state index is 0.101. The predicted molar refractivity (Wildman–Crippen MR) is 87.8 cm³/mol. The normalized spacial score (nSPS) is 22.5. The molecule has 0 aliphatic carbocycles. The summed E-state index contributed by atoms with van der Waals surface area (Å²) in [7, 11) is 0. The zero-order valence-electron chi connectivity index (χ0n) is 12.3. The summed E-state index contributed by atoms with van der Waals surface area (Å²) in [5.41, 5.74) is 2.36. The van der Waals surface area contributed by atoms with Gasteiger partial charge in [-0.3, -0.25) is 4.79 Å². The predicted octanol–water partition coefficient (Wildman–Crippen LogP) is 2.68. The Morgan fingerprint density at radius 2 is 2.27 bits per heavy atom. The first-order valence-corrected chi connectivity index (χ1v) is 7.95. The maximum Gasteiger partial charge on any atom is 0.251 e. The van der Waals surface area contributed by atoms with Gasteiger partial charge in [-0.2, -0.15) is 5.10 Å². The highest BCUT2D eigenvalue weighted by Crippen LogP contribution is 2.31. The molecule has 0 unspecified atom stereocenters. The molecule has 1 aliphatic heterocycles. The molecule has 0 amide bonds. The Morgan fingerprint density at radius 1 is 1.41 bits per heavy atom. The van der Waals surface area contributed by atoms with E-state index in [1.54, 1.807) is 6.07 Å². The third-order valence-electron chi connectivity index (χ3n) is 4.46. The van der Waals surface area contributed by atoms with Gasteiger partial charge in [0, 0.05) is 18.0 Å². The van der Waals surface area contributed by atoms with E-state index in [4.69, 9.17) is 11.6 Å². The largest absolute Gasteiger partial charge is 0.314 e. The molecule has 0 radical (unpaired) electrons. The summed E-state index contributed by atoms with van der Waals surface area (Å²) in [5.74, 6) is 0.328. The number of nitrogens with one attached hydrogen (secondary N) is 2. The lowest BCUT2D eigenvalue weighted by Crippen LogP contribution is -2.35. The van der Waals surface area contributed by atoms with E-state index < -0.39 is 0 Å². The molecule has 22 heavy (non-hydrogen) atoms. The molecule has 5 nitrogen and oxygen atoms in total. The number of hydrogen-bond acceptors (Lipinski definition) is 3. The highest BCUT2D eigenvalue weighted by molar-refractivity contribution is 6.36. The summed E-state index contributed by atoms with van der Waals surface area (Å²) < 4.78 is 1.86. The van der Waals surface area contributed by atoms with Crippen LogP contribution in [0.5, 0.6) is 0 Å². The fourth-order valence-electron chi connectivity index (χ4n) is 3.44. The van der Waals surface area contributed by atoms with E-state index in [0.717, 1.165) is 36.0 Å². The second-order valence-corrected chi connectivity index (χ2v) is 6.44. The van der Waals surface area contributed by atoms with Crippen LogP contribution in [-0.2, 0) is 0 Å². The summed E-state index contributed by atoms with van der Waals surface area (Å²) in [5, 5.41) is 9.52. The smallest absolute Gasteiger partial charge is 0.251 e. The van der Waals surface area contributed by atoms with E-state index in [9.17, 15) is 4.79 Å². The topological polar surface area (TPSA) is 62.2 Å². The Hall–Kier alpha value is -1.85. The number of aromatic amines is 1. The Kier molecular flexibility index (Phi) is 3.20. The Balaban J connectivity index is 2.00. The molecule has 1 aromatic carbocycles. The maximum absolute atomic E-state index is 12.1. The summed E-state index contributed by atoms with van der Waals surface area (Å²) >= 11 is 6.31. The molecule has 6 heteroatoms. The number of piperidine rings is 1. The minimum atomic E-state index is -0.101. The second kappa shape index (κ2) is 5.11. The molecule has 3 aromatic rings. The van der Waals surface area contributed by atoms with Crippen molar-refractivity contribution in [3.8, 4) is 0 Å². The van der Waals surface area contributed by atoms with E-state index >= 15 is 0 Å². The average Bonchev–Trinajstić information content (AvgIpc) is 2.86. The standard InChI is InChI=1S/C16H17ClN4O/c1-9-7-10(5-6-18-9)13-8-14(22)19-16-15-11(17)3-2-4-12(15)20-21(13)16/h2-4,8-10,18H,5-7H2,1H3,(H,19,22)/t9-,10+/m1/s1. The SMILES string of the molecule is C[C@@H]1C[C@@H](c2cc(=O)[nH]c3c4c(Cl)cccc4nn23)CCN1. The zero-order chi connectivity index (χ0) is 15.3. The molecular formula is C16H17ClN4O. The van der Waals surface area contributed by atoms with Crippen LogP contribution in [0, 0.1) is 0 Å². The minimum Gasteiger partial charge on any atom is -0.314 e. The zero-order valence-corrected chi connectivity index (χ0v) is 13.0. The van der Waals surface area contributed by atoms with Crippen LogP contribution in [0.1, 0.15) is 31.4 Å². The molecule has 2 atom stereocenters. The molecular weight excluding hydrogens is 300 g/mol. The molecule has 0 bridgehead atoms. The number of H-pyrrole nitrogens is 1. The van der Waals surface area contributed by atoms with E-state index in [-0.39, 0.29) is 5.56 Å². The van der Waals surface area contributed by atoms with Crippen molar-refractivity contribution in [2.24, 2.45) is 0 Å². The summed E-state index contributed by atoms with van der Waals surface area (Å²) in [6.07, 6.45) is 2.01. The van der Waals surface area contributed by atoms with Gasteiger partial charge in [-0.25, -0.2) is 4.52 Å². The number of halogens is 1. The monoisotopic (exact) mass is 316 g/mol. The van der Waals surface area contributed by atoms with E-state index in [2.05, 4.69) is 22.3 Å². The van der Waals surface area contributed by atoms with Gasteiger partial charge in [0.05, 0.1) is 21.6 Å². The van der Waals surface area contributed by atoms with Crippen molar-refractivity contribution in [2.75, 3.05) is 6.54 Å². The fraction of sp³-hybridized carbons (Fsp3) is 0.375. The summed E-state index contributed by atoms with van der Waals surface area (Å²) in [6.45, 7) is 3.13. The van der Waals surface area contributed by atoms with Crippen molar-refractivity contribution >= 4 is 28.2 Å². The lowest BCUT2D eigenvalue weighted by molar-refractivity contribution is 0.372. The lowest BCUT2D eigenvalue weighted by Gasteiger charge is -2.28. The number of nitrogens with zero attached hydrogens (tertiary/aromatic N) is 2. The average molecular weight is 317 g/mol. The summed E-state index contributed by atoms with van der Waals surface area (Å²) in [6, 6.07) is 7.74. The van der Waals surface area contributed by atoms with Crippen LogP contribution >= 0.6 is 11.6 Å². The Labute approximate surface area is 132 Å². The molecule has 1 aliphatic rings. The molecule has 114 valence electrons. The first kappa shape index (κ1) is 13.8. The molecule has 1 fully saturated rings. The third-order valence-corrected chi connectivity index (χ3v) is 4.77. The van der Waals surface area contributed by atoms with Crippen molar-refractivity contribution in [2.45, 2.75) is 31.7 Å². The van der Waals surface area contributed by atoms with Crippen LogP contribution in [0.4, 0.5) is 0 Å². The first-order chi connectivity index (χ1) is 10.6. The van der Waals surface area contributed by atoms with Crippen molar-refractivity contribution in [3.05, 3.63) is 45.3 Å². The second-order valence-electron chi connectivity index (χ2n) is 6.03. The van der Waals surface area contributed by atoms with Gasteiger partial charge < -0.3 is 10.3 Å². The van der Waals surface area contributed by atoms with Crippen LogP contribution < -0.4 is 10.9 Å². The first-order valence-electron chi connectivity index (χ1n) is 7.57. The fourth-order valence-corrected chi connectivity index (χ4v) is 3.70. The number of rotatable bonds is 1. The Bertz CT molecular complexity index is 914. The lowest BCUT2D eigenvalue weighted by atomic mass is 9.90. The van der Waals surface area contributed by atoms with Crippen molar-refractivity contribution in [3.63, 3.8) is 0 Å². The molecule has 4 rings (SSSR count). The van der Waals surface area contributed by atoms with Crippen molar-refractivity contribution < 1.29 is 0 Å². The molecule has 3 heterocycles. The van der Waals surface area contributed by atoms with Gasteiger partial charge in [-0.1, -0.05) is 17.7 Å². The van der Waals surface area contributed by atoms with Gasteiger partial charge in [-0.05, 0) is 38.4 Å². The van der Waals surface area contributed by atoms with Gasteiger partial charge in [0.15, 0.2) is 0 Å².